The maximum atomic E-state index is 13.2. The number of sulfone groups is 1. The predicted octanol–water partition coefficient (Wildman–Crippen LogP) is 6.61. The molecule has 1 amide bonds. The van der Waals surface area contributed by atoms with Gasteiger partial charge in [-0.1, -0.05) is 23.2 Å². The Hall–Kier alpha value is -2.90. The first-order chi connectivity index (χ1) is 20.1. The Balaban J connectivity index is 0.000000339. The molecule has 3 aromatic carbocycles. The van der Waals surface area contributed by atoms with E-state index in [2.05, 4.69) is 5.32 Å². The van der Waals surface area contributed by atoms with Crippen LogP contribution >= 0.6 is 35.6 Å². The highest BCUT2D eigenvalue weighted by Gasteiger charge is 2.39. The van der Waals surface area contributed by atoms with Gasteiger partial charge in [0.1, 0.15) is 17.2 Å². The van der Waals surface area contributed by atoms with Crippen molar-refractivity contribution in [3.05, 3.63) is 80.3 Å². The van der Waals surface area contributed by atoms with Crippen molar-refractivity contribution in [2.75, 3.05) is 20.5 Å². The van der Waals surface area contributed by atoms with Crippen LogP contribution in [0.15, 0.2) is 47.4 Å². The maximum absolute atomic E-state index is 13.2. The number of ether oxygens (including phenoxy) is 3. The molecule has 0 saturated heterocycles. The minimum absolute atomic E-state index is 0. The van der Waals surface area contributed by atoms with Crippen molar-refractivity contribution in [2.24, 2.45) is 0 Å². The van der Waals surface area contributed by atoms with Gasteiger partial charge in [-0.25, -0.2) is 8.42 Å². The van der Waals surface area contributed by atoms with E-state index in [0.717, 1.165) is 61.3 Å². The number of carbonyl (C=O) groups is 1. The first-order valence-corrected chi connectivity index (χ1v) is 15.5. The summed E-state index contributed by atoms with van der Waals surface area (Å²) < 4.78 is 78.1. The van der Waals surface area contributed by atoms with Gasteiger partial charge in [-0.15, -0.1) is 12.4 Å². The normalized spacial score (nSPS) is 14.4. The number of nitrogens with one attached hydrogen (secondary N) is 1. The zero-order chi connectivity index (χ0) is 31.7. The monoisotopic (exact) mass is 696 g/mol. The van der Waals surface area contributed by atoms with Gasteiger partial charge in [-0.2, -0.15) is 13.2 Å². The summed E-state index contributed by atoms with van der Waals surface area (Å²) in [6.07, 6.45) is -5.91. The molecule has 15 heteroatoms. The molecule has 2 aliphatic rings. The van der Waals surface area contributed by atoms with Crippen LogP contribution in [0.3, 0.4) is 0 Å². The number of hydrogen-bond acceptors (Lipinski definition) is 7. The van der Waals surface area contributed by atoms with Crippen molar-refractivity contribution in [2.45, 2.75) is 50.3 Å². The molecule has 3 aromatic rings. The Kier molecular flexibility index (Phi) is 11.3. The maximum Gasteiger partial charge on any atom is 0.425 e. The average molecular weight is 698 g/mol. The second-order valence-electron chi connectivity index (χ2n) is 10.0. The van der Waals surface area contributed by atoms with Gasteiger partial charge in [-0.05, 0) is 71.6 Å². The van der Waals surface area contributed by atoms with Crippen LogP contribution in [0.2, 0.25) is 10.0 Å². The topological polar surface area (TPSA) is 94.2 Å². The number of methoxy groups -OCH3 is 2. The highest BCUT2D eigenvalue weighted by atomic mass is 35.5. The fourth-order valence-corrected chi connectivity index (χ4v) is 5.76. The number of fused-ring (bicyclic) bond motifs is 2. The zero-order valence-electron chi connectivity index (χ0n) is 24.1. The summed E-state index contributed by atoms with van der Waals surface area (Å²) >= 11 is 12.1. The third-order valence-corrected chi connectivity index (χ3v) is 8.66. The van der Waals surface area contributed by atoms with Crippen LogP contribution in [0.5, 0.6) is 17.2 Å². The number of benzene rings is 3. The number of carbonyl (C=O) groups excluding carboxylic acids is 1. The summed E-state index contributed by atoms with van der Waals surface area (Å²) in [5.41, 5.74) is 3.81. The standard InChI is InChI=1S/C20H19ClF3NO5S.C9H10ClNO.ClH/c1-11(20(22,23)24)30-17-5-4-14(31(3,27)28)8-15(17)19(26)25-9-12-6-16(21)18(29-2)7-13(12)10-25;1-12-9-3-7-5-11-4-6(7)2-8(9)10;/h4-8,11H,9-10H2,1-3H3;2-3,11H,4-5H2,1H3;1H/t11-;;/m1../s1. The fraction of sp³-hybridized carbons (Fsp3) is 0.345. The van der Waals surface area contributed by atoms with Crippen molar-refractivity contribution in [1.29, 1.82) is 0 Å². The molecule has 0 aromatic heterocycles. The molecule has 0 unspecified atom stereocenters. The number of alkyl halides is 3. The fourth-order valence-electron chi connectivity index (χ4n) is 4.59. The van der Waals surface area contributed by atoms with Gasteiger partial charge < -0.3 is 24.4 Å². The molecule has 2 heterocycles. The van der Waals surface area contributed by atoms with E-state index in [-0.39, 0.29) is 41.7 Å². The molecule has 1 atom stereocenters. The van der Waals surface area contributed by atoms with Gasteiger partial charge in [0.2, 0.25) is 0 Å². The van der Waals surface area contributed by atoms with Crippen LogP contribution in [-0.2, 0) is 36.0 Å². The van der Waals surface area contributed by atoms with E-state index in [1.807, 2.05) is 12.1 Å². The average Bonchev–Trinajstić information content (AvgIpc) is 3.57. The molecular weight excluding hydrogens is 668 g/mol. The number of rotatable bonds is 6. The minimum Gasteiger partial charge on any atom is -0.495 e. The first-order valence-electron chi connectivity index (χ1n) is 12.9. The van der Waals surface area contributed by atoms with Crippen molar-refractivity contribution in [1.82, 2.24) is 10.2 Å². The van der Waals surface area contributed by atoms with E-state index in [4.69, 9.17) is 37.4 Å². The Bertz CT molecular complexity index is 1650. The van der Waals surface area contributed by atoms with Crippen molar-refractivity contribution in [3.8, 4) is 17.2 Å². The molecule has 2 aliphatic heterocycles. The molecule has 0 bridgehead atoms. The predicted molar refractivity (Wildman–Crippen MR) is 163 cm³/mol. The second kappa shape index (κ2) is 14.0. The highest BCUT2D eigenvalue weighted by Crippen LogP contribution is 2.36. The SMILES string of the molecule is COc1cc2c(cc1Cl)CN(C(=O)c1cc(S(C)(=O)=O)ccc1O[C@H](C)C(F)(F)F)C2.COc1cc2c(cc1Cl)CNC2.Cl. The third kappa shape index (κ3) is 8.02. The number of nitrogens with zero attached hydrogens (tertiary/aromatic N) is 1. The molecular formula is C29H30Cl3F3N2O6S. The Morgan fingerprint density at radius 3 is 1.91 bits per heavy atom. The lowest BCUT2D eigenvalue weighted by Gasteiger charge is -2.22. The smallest absolute Gasteiger partial charge is 0.425 e. The Morgan fingerprint density at radius 2 is 1.39 bits per heavy atom. The summed E-state index contributed by atoms with van der Waals surface area (Å²) in [4.78, 5) is 14.4. The number of halogens is 6. The third-order valence-electron chi connectivity index (χ3n) is 6.96. The van der Waals surface area contributed by atoms with E-state index in [1.54, 1.807) is 19.2 Å². The quantitative estimate of drug-likeness (QED) is 0.310. The summed E-state index contributed by atoms with van der Waals surface area (Å²) in [6, 6.07) is 10.5. The van der Waals surface area contributed by atoms with Crippen LogP contribution in [0.25, 0.3) is 0 Å². The van der Waals surface area contributed by atoms with E-state index < -0.39 is 28.0 Å². The number of hydrogen-bond donors (Lipinski definition) is 1. The van der Waals surface area contributed by atoms with Crippen LogP contribution in [-0.4, -0.2) is 52.0 Å². The molecule has 0 saturated carbocycles. The van der Waals surface area contributed by atoms with E-state index >= 15 is 0 Å². The number of amides is 1. The molecule has 0 fully saturated rings. The molecule has 240 valence electrons. The summed E-state index contributed by atoms with van der Waals surface area (Å²) in [7, 11) is -0.620. The second-order valence-corrected chi connectivity index (χ2v) is 12.8. The van der Waals surface area contributed by atoms with E-state index in [9.17, 15) is 26.4 Å². The molecule has 8 nitrogen and oxygen atoms in total. The lowest BCUT2D eigenvalue weighted by Crippen LogP contribution is -2.32. The van der Waals surface area contributed by atoms with Crippen LogP contribution in [0.4, 0.5) is 13.2 Å². The van der Waals surface area contributed by atoms with Gasteiger partial charge in [0.25, 0.3) is 5.91 Å². The summed E-state index contributed by atoms with van der Waals surface area (Å²) in [5, 5.41) is 4.31. The minimum atomic E-state index is -4.66. The zero-order valence-corrected chi connectivity index (χ0v) is 27.2. The van der Waals surface area contributed by atoms with Crippen LogP contribution in [0, 0.1) is 0 Å². The van der Waals surface area contributed by atoms with E-state index in [0.29, 0.717) is 15.8 Å². The van der Waals surface area contributed by atoms with Crippen LogP contribution in [0.1, 0.15) is 39.5 Å². The largest absolute Gasteiger partial charge is 0.495 e. The molecule has 1 N–H and O–H groups in total. The van der Waals surface area contributed by atoms with Gasteiger partial charge >= 0.3 is 6.18 Å². The highest BCUT2D eigenvalue weighted by molar-refractivity contribution is 7.90. The van der Waals surface area contributed by atoms with Gasteiger partial charge in [0.15, 0.2) is 15.9 Å². The molecule has 44 heavy (non-hydrogen) atoms. The van der Waals surface area contributed by atoms with Crippen molar-refractivity contribution >= 4 is 51.4 Å². The Labute approximate surface area is 269 Å². The first kappa shape index (κ1) is 35.6. The lowest BCUT2D eigenvalue weighted by molar-refractivity contribution is -0.189. The molecule has 0 radical (unpaired) electrons. The van der Waals surface area contributed by atoms with Gasteiger partial charge in [0, 0.05) is 32.4 Å². The summed E-state index contributed by atoms with van der Waals surface area (Å²) in [6.45, 7) is 2.94. The van der Waals surface area contributed by atoms with Gasteiger partial charge in [-0.3, -0.25) is 4.79 Å². The van der Waals surface area contributed by atoms with Crippen molar-refractivity contribution < 1.29 is 40.6 Å². The van der Waals surface area contributed by atoms with Crippen LogP contribution < -0.4 is 19.5 Å². The Morgan fingerprint density at radius 1 is 0.886 bits per heavy atom. The molecule has 0 aliphatic carbocycles. The summed E-state index contributed by atoms with van der Waals surface area (Å²) in [5.74, 6) is 0.172. The molecule has 0 spiro atoms. The van der Waals surface area contributed by atoms with E-state index in [1.165, 1.54) is 23.1 Å². The lowest BCUT2D eigenvalue weighted by atomic mass is 10.1. The molecule has 5 rings (SSSR count). The van der Waals surface area contributed by atoms with Gasteiger partial charge in [0.05, 0.1) is 34.7 Å². The van der Waals surface area contributed by atoms with Crippen molar-refractivity contribution in [3.63, 3.8) is 0 Å².